The molecule has 2 N–H and O–H groups in total. The summed E-state index contributed by atoms with van der Waals surface area (Å²) in [6, 6.07) is 7.24. The standard InChI is InChI=1S/C23H20BrN3O5S/c1-2-31-18-9-13(8-17(24)21(18)32-12-20(28)29)7-14(10-25)22(30)27-23-16(11-26)15-5-3-4-6-19(15)33-23/h7-9H,2-6,12H2,1H3,(H,27,30)(H,28,29)/b14-7+. The normalized spacial score (nSPS) is 12.8. The van der Waals surface area contributed by atoms with Crippen LogP contribution in [-0.4, -0.2) is 30.2 Å². The monoisotopic (exact) mass is 529 g/mol. The Labute approximate surface area is 203 Å². The lowest BCUT2D eigenvalue weighted by Gasteiger charge is -2.13. The third kappa shape index (κ3) is 5.72. The summed E-state index contributed by atoms with van der Waals surface area (Å²) in [5.41, 5.74) is 1.79. The van der Waals surface area contributed by atoms with Gasteiger partial charge < -0.3 is 19.9 Å². The second-order valence-corrected chi connectivity index (χ2v) is 9.06. The molecule has 1 heterocycles. The van der Waals surface area contributed by atoms with Gasteiger partial charge in [-0.1, -0.05) is 0 Å². The number of aryl methyl sites for hydroxylation is 1. The number of halogens is 1. The lowest BCUT2D eigenvalue weighted by Crippen LogP contribution is -2.13. The third-order valence-electron chi connectivity index (χ3n) is 4.86. The lowest BCUT2D eigenvalue weighted by molar-refractivity contribution is -0.139. The number of benzene rings is 1. The van der Waals surface area contributed by atoms with Gasteiger partial charge in [0.2, 0.25) is 0 Å². The van der Waals surface area contributed by atoms with E-state index in [4.69, 9.17) is 14.6 Å². The number of carbonyl (C=O) groups excluding carboxylic acids is 1. The van der Waals surface area contributed by atoms with Crippen molar-refractivity contribution < 1.29 is 24.2 Å². The number of fused-ring (bicyclic) bond motifs is 1. The summed E-state index contributed by atoms with van der Waals surface area (Å²) in [6.45, 7) is 1.51. The minimum Gasteiger partial charge on any atom is -0.490 e. The van der Waals surface area contributed by atoms with Crippen molar-refractivity contribution in [2.75, 3.05) is 18.5 Å². The first-order valence-electron chi connectivity index (χ1n) is 10.2. The maximum atomic E-state index is 12.8. The average molecular weight is 530 g/mol. The van der Waals surface area contributed by atoms with Crippen LogP contribution in [0.15, 0.2) is 22.2 Å². The minimum absolute atomic E-state index is 0.154. The zero-order valence-electron chi connectivity index (χ0n) is 17.7. The molecule has 0 saturated heterocycles. The molecule has 0 atom stereocenters. The number of rotatable bonds is 8. The number of nitriles is 2. The van der Waals surface area contributed by atoms with Gasteiger partial charge in [0, 0.05) is 4.88 Å². The van der Waals surface area contributed by atoms with Crippen LogP contribution in [0.3, 0.4) is 0 Å². The lowest BCUT2D eigenvalue weighted by atomic mass is 9.96. The number of hydrogen-bond donors (Lipinski definition) is 2. The van der Waals surface area contributed by atoms with E-state index in [1.165, 1.54) is 17.4 Å². The Kier molecular flexibility index (Phi) is 8.10. The first kappa shape index (κ1) is 24.3. The fourth-order valence-electron chi connectivity index (χ4n) is 3.47. The van der Waals surface area contributed by atoms with Crippen molar-refractivity contribution in [3.8, 4) is 23.6 Å². The van der Waals surface area contributed by atoms with Crippen LogP contribution in [0.2, 0.25) is 0 Å². The summed E-state index contributed by atoms with van der Waals surface area (Å²) in [7, 11) is 0. The van der Waals surface area contributed by atoms with Crippen molar-refractivity contribution in [2.45, 2.75) is 32.6 Å². The number of carboxylic acids is 1. The van der Waals surface area contributed by atoms with E-state index in [1.54, 1.807) is 19.1 Å². The van der Waals surface area contributed by atoms with Gasteiger partial charge in [-0.25, -0.2) is 4.79 Å². The van der Waals surface area contributed by atoms with E-state index in [0.29, 0.717) is 27.2 Å². The van der Waals surface area contributed by atoms with E-state index in [2.05, 4.69) is 27.3 Å². The summed E-state index contributed by atoms with van der Waals surface area (Å²) in [6.07, 6.45) is 5.16. The maximum absolute atomic E-state index is 12.8. The van der Waals surface area contributed by atoms with Crippen LogP contribution in [0.4, 0.5) is 5.00 Å². The van der Waals surface area contributed by atoms with Gasteiger partial charge in [-0.05, 0) is 77.9 Å². The zero-order chi connectivity index (χ0) is 24.0. The Morgan fingerprint density at radius 2 is 2.03 bits per heavy atom. The van der Waals surface area contributed by atoms with Crippen molar-refractivity contribution >= 4 is 50.2 Å². The molecular weight excluding hydrogens is 510 g/mol. The Morgan fingerprint density at radius 3 is 2.70 bits per heavy atom. The molecule has 0 aliphatic heterocycles. The molecule has 1 aromatic heterocycles. The fraction of sp³-hybridized carbons (Fsp3) is 0.304. The predicted molar refractivity (Wildman–Crippen MR) is 126 cm³/mol. The zero-order valence-corrected chi connectivity index (χ0v) is 20.1. The minimum atomic E-state index is -1.14. The average Bonchev–Trinajstić information content (AvgIpc) is 3.13. The summed E-state index contributed by atoms with van der Waals surface area (Å²) in [5.74, 6) is -1.27. The highest BCUT2D eigenvalue weighted by molar-refractivity contribution is 9.10. The smallest absolute Gasteiger partial charge is 0.341 e. The van der Waals surface area contributed by atoms with Gasteiger partial charge in [-0.15, -0.1) is 11.3 Å². The number of aliphatic carboxylic acids is 1. The van der Waals surface area contributed by atoms with Gasteiger partial charge in [0.15, 0.2) is 18.1 Å². The van der Waals surface area contributed by atoms with E-state index < -0.39 is 18.5 Å². The van der Waals surface area contributed by atoms with Crippen LogP contribution in [-0.2, 0) is 22.4 Å². The molecule has 1 aliphatic rings. The summed E-state index contributed by atoms with van der Waals surface area (Å²) in [5, 5.41) is 31.2. The summed E-state index contributed by atoms with van der Waals surface area (Å²) >= 11 is 4.71. The number of nitrogens with one attached hydrogen (secondary N) is 1. The van der Waals surface area contributed by atoms with E-state index in [9.17, 15) is 20.1 Å². The van der Waals surface area contributed by atoms with Crippen LogP contribution in [0.25, 0.3) is 6.08 Å². The van der Waals surface area contributed by atoms with E-state index >= 15 is 0 Å². The Bertz CT molecular complexity index is 1210. The number of hydrogen-bond acceptors (Lipinski definition) is 7. The van der Waals surface area contributed by atoms with E-state index in [0.717, 1.165) is 36.1 Å². The molecule has 0 spiro atoms. The predicted octanol–water partition coefficient (Wildman–Crippen LogP) is 4.67. The molecule has 3 rings (SSSR count). The van der Waals surface area contributed by atoms with Crippen LogP contribution in [0.5, 0.6) is 11.5 Å². The number of carboxylic acid groups (broad SMARTS) is 1. The van der Waals surface area contributed by atoms with Gasteiger partial charge in [0.05, 0.1) is 16.6 Å². The van der Waals surface area contributed by atoms with Crippen LogP contribution in [0.1, 0.15) is 41.3 Å². The number of thiophene rings is 1. The Balaban J connectivity index is 1.89. The van der Waals surface area contributed by atoms with Crippen molar-refractivity contribution in [3.05, 3.63) is 43.7 Å². The number of amides is 1. The molecule has 170 valence electrons. The largest absolute Gasteiger partial charge is 0.490 e. The molecule has 0 bridgehead atoms. The van der Waals surface area contributed by atoms with Crippen molar-refractivity contribution in [2.24, 2.45) is 0 Å². The van der Waals surface area contributed by atoms with Gasteiger partial charge in [0.25, 0.3) is 5.91 Å². The molecule has 1 aromatic carbocycles. The van der Waals surface area contributed by atoms with Crippen LogP contribution in [0, 0.1) is 22.7 Å². The topological polar surface area (TPSA) is 132 Å². The van der Waals surface area contributed by atoms with Gasteiger partial charge in [-0.2, -0.15) is 10.5 Å². The molecule has 0 saturated carbocycles. The van der Waals surface area contributed by atoms with E-state index in [-0.39, 0.29) is 17.1 Å². The summed E-state index contributed by atoms with van der Waals surface area (Å²) < 4.78 is 11.3. The molecule has 1 aliphatic carbocycles. The fourth-order valence-corrected chi connectivity index (χ4v) is 5.28. The first-order valence-corrected chi connectivity index (χ1v) is 11.8. The maximum Gasteiger partial charge on any atom is 0.341 e. The van der Waals surface area contributed by atoms with Crippen molar-refractivity contribution in [1.82, 2.24) is 0 Å². The highest BCUT2D eigenvalue weighted by Crippen LogP contribution is 2.39. The molecule has 0 fully saturated rings. The Morgan fingerprint density at radius 1 is 1.27 bits per heavy atom. The number of nitrogens with zero attached hydrogens (tertiary/aromatic N) is 2. The quantitative estimate of drug-likeness (QED) is 0.375. The number of ether oxygens (including phenoxy) is 2. The number of anilines is 1. The van der Waals surface area contributed by atoms with Crippen molar-refractivity contribution in [3.63, 3.8) is 0 Å². The first-order chi connectivity index (χ1) is 15.9. The molecular formula is C23H20BrN3O5S. The number of carbonyl (C=O) groups is 2. The van der Waals surface area contributed by atoms with Crippen LogP contribution < -0.4 is 14.8 Å². The van der Waals surface area contributed by atoms with Gasteiger partial charge in [0.1, 0.15) is 22.7 Å². The second-order valence-electron chi connectivity index (χ2n) is 7.10. The molecule has 10 heteroatoms. The van der Waals surface area contributed by atoms with Crippen molar-refractivity contribution in [1.29, 1.82) is 10.5 Å². The molecule has 1 amide bonds. The highest BCUT2D eigenvalue weighted by Gasteiger charge is 2.23. The molecule has 33 heavy (non-hydrogen) atoms. The van der Waals surface area contributed by atoms with E-state index in [1.807, 2.05) is 6.07 Å². The third-order valence-corrected chi connectivity index (χ3v) is 6.65. The molecule has 0 radical (unpaired) electrons. The molecule has 2 aromatic rings. The SMILES string of the molecule is CCOc1cc(/C=C(\C#N)C(=O)Nc2sc3c(c2C#N)CCCC3)cc(Br)c1OCC(=O)O. The summed E-state index contributed by atoms with van der Waals surface area (Å²) in [4.78, 5) is 24.8. The van der Waals surface area contributed by atoms with Gasteiger partial charge >= 0.3 is 5.97 Å². The second kappa shape index (κ2) is 11.0. The Hall–Kier alpha value is -3.34. The van der Waals surface area contributed by atoms with Gasteiger partial charge in [-0.3, -0.25) is 4.79 Å². The molecule has 8 nitrogen and oxygen atoms in total. The highest BCUT2D eigenvalue weighted by atomic mass is 79.9. The molecule has 0 unspecified atom stereocenters. The van der Waals surface area contributed by atoms with Crippen LogP contribution >= 0.6 is 27.3 Å².